The molecule has 0 aromatic rings. The second-order valence-corrected chi connectivity index (χ2v) is 10.0. The molecule has 0 bridgehead atoms. The minimum atomic E-state index is -0.418. The lowest BCUT2D eigenvalue weighted by molar-refractivity contribution is -0.150. The number of rotatable bonds is 7. The van der Waals surface area contributed by atoms with Gasteiger partial charge in [-0.3, -0.25) is 9.59 Å². The van der Waals surface area contributed by atoms with E-state index in [0.717, 1.165) is 38.9 Å². The quantitative estimate of drug-likeness (QED) is 0.467. The first kappa shape index (κ1) is 23.3. The Balaban J connectivity index is 1.67. The van der Waals surface area contributed by atoms with Gasteiger partial charge in [0.1, 0.15) is 0 Å². The van der Waals surface area contributed by atoms with Crippen molar-refractivity contribution >= 4 is 11.9 Å². The van der Waals surface area contributed by atoms with Crippen LogP contribution in [0.3, 0.4) is 0 Å². The summed E-state index contributed by atoms with van der Waals surface area (Å²) in [7, 11) is 3.08. The van der Waals surface area contributed by atoms with Gasteiger partial charge in [0.05, 0.1) is 25.2 Å². The van der Waals surface area contributed by atoms with Crippen LogP contribution >= 0.6 is 0 Å². The molecule has 1 atom stereocenters. The fourth-order valence-electron chi connectivity index (χ4n) is 6.17. The minimum Gasteiger partial charge on any atom is -0.469 e. The number of piperidine rings is 1. The molecule has 170 valence electrons. The summed E-state index contributed by atoms with van der Waals surface area (Å²) in [5.41, 5.74) is 3.11. The highest BCUT2D eigenvalue weighted by Gasteiger charge is 2.56. The normalized spacial score (nSPS) is 26.5. The lowest BCUT2D eigenvalue weighted by Crippen LogP contribution is -2.58. The first-order valence-electron chi connectivity index (χ1n) is 11.5. The molecule has 1 unspecified atom stereocenters. The zero-order chi connectivity index (χ0) is 21.9. The Morgan fingerprint density at radius 3 is 2.43 bits per heavy atom. The summed E-state index contributed by atoms with van der Waals surface area (Å²) in [6.45, 7) is 11.0. The molecule has 3 rings (SSSR count). The highest BCUT2D eigenvalue weighted by atomic mass is 16.5. The molecule has 2 aliphatic heterocycles. The number of likely N-dealkylation sites (tertiary alicyclic amines) is 2. The van der Waals surface area contributed by atoms with Crippen LogP contribution in [0.1, 0.15) is 65.7 Å². The Kier molecular flexibility index (Phi) is 7.28. The molecule has 2 fully saturated rings. The van der Waals surface area contributed by atoms with Crippen molar-refractivity contribution in [3.05, 3.63) is 11.1 Å². The summed E-state index contributed by atoms with van der Waals surface area (Å²) in [5, 5.41) is 0. The van der Waals surface area contributed by atoms with E-state index in [-0.39, 0.29) is 24.2 Å². The smallest absolute Gasteiger partial charge is 0.311 e. The van der Waals surface area contributed by atoms with E-state index in [1.54, 1.807) is 18.3 Å². The van der Waals surface area contributed by atoms with Crippen LogP contribution in [0.4, 0.5) is 0 Å². The molecule has 2 saturated heterocycles. The van der Waals surface area contributed by atoms with Gasteiger partial charge in [-0.05, 0) is 50.9 Å². The summed E-state index contributed by atoms with van der Waals surface area (Å²) in [6, 6.07) is 0. The van der Waals surface area contributed by atoms with Crippen molar-refractivity contribution in [3.8, 4) is 0 Å². The van der Waals surface area contributed by atoms with Gasteiger partial charge in [0.2, 0.25) is 5.91 Å². The Hall–Kier alpha value is -1.40. The van der Waals surface area contributed by atoms with E-state index in [1.165, 1.54) is 26.4 Å². The topological polar surface area (TPSA) is 59.1 Å². The fourth-order valence-corrected chi connectivity index (χ4v) is 6.17. The van der Waals surface area contributed by atoms with Gasteiger partial charge in [0.25, 0.3) is 0 Å². The van der Waals surface area contributed by atoms with Gasteiger partial charge in [0.15, 0.2) is 0 Å². The Morgan fingerprint density at radius 2 is 1.83 bits per heavy atom. The van der Waals surface area contributed by atoms with Gasteiger partial charge in [-0.1, -0.05) is 25.0 Å². The van der Waals surface area contributed by atoms with E-state index in [2.05, 4.69) is 25.7 Å². The number of nitrogens with zero attached hydrogens (tertiary/aromatic N) is 2. The summed E-state index contributed by atoms with van der Waals surface area (Å²) >= 11 is 0. The van der Waals surface area contributed by atoms with Crippen molar-refractivity contribution in [1.82, 2.24) is 9.80 Å². The van der Waals surface area contributed by atoms with Crippen molar-refractivity contribution in [2.24, 2.45) is 11.3 Å². The van der Waals surface area contributed by atoms with Crippen molar-refractivity contribution in [1.29, 1.82) is 0 Å². The van der Waals surface area contributed by atoms with E-state index in [0.29, 0.717) is 18.6 Å². The fraction of sp³-hybridized carbons (Fsp3) is 0.833. The second kappa shape index (κ2) is 9.39. The predicted octanol–water partition coefficient (Wildman–Crippen LogP) is 3.41. The molecule has 0 radical (unpaired) electrons. The Morgan fingerprint density at radius 1 is 1.13 bits per heavy atom. The van der Waals surface area contributed by atoms with Gasteiger partial charge in [-0.15, -0.1) is 0 Å². The van der Waals surface area contributed by atoms with Gasteiger partial charge >= 0.3 is 5.97 Å². The summed E-state index contributed by atoms with van der Waals surface area (Å²) < 4.78 is 10.3. The van der Waals surface area contributed by atoms with Gasteiger partial charge in [-0.2, -0.15) is 0 Å². The van der Waals surface area contributed by atoms with Crippen molar-refractivity contribution in [3.63, 3.8) is 0 Å². The lowest BCUT2D eigenvalue weighted by atomic mass is 9.71. The zero-order valence-electron chi connectivity index (χ0n) is 19.6. The Bertz CT molecular complexity index is 677. The third-order valence-electron chi connectivity index (χ3n) is 7.96. The molecule has 6 heteroatoms. The molecule has 3 aliphatic rings. The van der Waals surface area contributed by atoms with Gasteiger partial charge < -0.3 is 19.3 Å². The van der Waals surface area contributed by atoms with E-state index in [1.807, 2.05) is 4.90 Å². The average Bonchev–Trinajstić information content (AvgIpc) is 2.97. The first-order chi connectivity index (χ1) is 14.2. The van der Waals surface area contributed by atoms with Crippen LogP contribution in [-0.2, 0) is 19.1 Å². The number of carbonyl (C=O) groups excluding carboxylic acids is 2. The summed E-state index contributed by atoms with van der Waals surface area (Å²) in [4.78, 5) is 29.7. The standard InChI is InChI=1S/C24H40N2O4/c1-18-7-6-9-23(2,3)19(18)8-12-25-13-10-24(11-14-25)20(22(28)30-5)17-21(27)26(24)15-16-29-4/h20H,6-17H2,1-5H3. The number of carbonyl (C=O) groups is 2. The number of hydrogen-bond acceptors (Lipinski definition) is 5. The largest absolute Gasteiger partial charge is 0.469 e. The van der Waals surface area contributed by atoms with Crippen LogP contribution in [0.2, 0.25) is 0 Å². The third kappa shape index (κ3) is 4.45. The molecule has 0 N–H and O–H groups in total. The SMILES string of the molecule is COCCN1C(=O)CC(C(=O)OC)C12CCN(CCC1=C(C)CCCC1(C)C)CC2. The molecule has 1 spiro atoms. The van der Waals surface area contributed by atoms with Crippen LogP contribution < -0.4 is 0 Å². The van der Waals surface area contributed by atoms with Crippen molar-refractivity contribution < 1.29 is 19.1 Å². The van der Waals surface area contributed by atoms with Crippen LogP contribution in [0.25, 0.3) is 0 Å². The molecule has 6 nitrogen and oxygen atoms in total. The van der Waals surface area contributed by atoms with Gasteiger partial charge in [-0.25, -0.2) is 0 Å². The van der Waals surface area contributed by atoms with Gasteiger partial charge in [0, 0.05) is 39.7 Å². The number of hydrogen-bond donors (Lipinski definition) is 0. The predicted molar refractivity (Wildman–Crippen MR) is 117 cm³/mol. The van der Waals surface area contributed by atoms with Crippen LogP contribution in [0.5, 0.6) is 0 Å². The maximum atomic E-state index is 12.7. The zero-order valence-corrected chi connectivity index (χ0v) is 19.6. The number of methoxy groups -OCH3 is 2. The van der Waals surface area contributed by atoms with E-state index < -0.39 is 5.54 Å². The third-order valence-corrected chi connectivity index (χ3v) is 7.96. The van der Waals surface area contributed by atoms with E-state index in [9.17, 15) is 9.59 Å². The molecular formula is C24H40N2O4. The molecule has 0 aromatic carbocycles. The minimum absolute atomic E-state index is 0.0561. The highest BCUT2D eigenvalue weighted by molar-refractivity contribution is 5.89. The number of esters is 1. The average molecular weight is 421 g/mol. The number of amides is 1. The van der Waals surface area contributed by atoms with E-state index >= 15 is 0 Å². The molecule has 1 aliphatic carbocycles. The summed E-state index contributed by atoms with van der Waals surface area (Å²) in [5.74, 6) is -0.557. The molecule has 2 heterocycles. The van der Waals surface area contributed by atoms with Crippen molar-refractivity contribution in [2.75, 3.05) is 47.0 Å². The van der Waals surface area contributed by atoms with Crippen LogP contribution in [-0.4, -0.2) is 74.2 Å². The molecule has 30 heavy (non-hydrogen) atoms. The first-order valence-corrected chi connectivity index (χ1v) is 11.5. The van der Waals surface area contributed by atoms with Crippen molar-refractivity contribution in [2.45, 2.75) is 71.3 Å². The van der Waals surface area contributed by atoms with E-state index in [4.69, 9.17) is 9.47 Å². The maximum Gasteiger partial charge on any atom is 0.311 e. The van der Waals surface area contributed by atoms with Crippen LogP contribution in [0, 0.1) is 11.3 Å². The number of ether oxygens (including phenoxy) is 2. The number of allylic oxidation sites excluding steroid dienone is 1. The highest BCUT2D eigenvalue weighted by Crippen LogP contribution is 2.45. The second-order valence-electron chi connectivity index (χ2n) is 10.0. The molecule has 0 aromatic heterocycles. The Labute approximate surface area is 181 Å². The summed E-state index contributed by atoms with van der Waals surface area (Å²) in [6.07, 6.45) is 6.84. The van der Waals surface area contributed by atoms with Crippen LogP contribution in [0.15, 0.2) is 11.1 Å². The maximum absolute atomic E-state index is 12.7. The lowest BCUT2D eigenvalue weighted by Gasteiger charge is -2.47. The molecule has 0 saturated carbocycles. The molecular weight excluding hydrogens is 380 g/mol. The molecule has 1 amide bonds. The monoisotopic (exact) mass is 420 g/mol.